The molecule has 0 aliphatic carbocycles. The average molecular weight is 381 g/mol. The van der Waals surface area contributed by atoms with Crippen LogP contribution < -0.4 is 0 Å². The van der Waals surface area contributed by atoms with Crippen molar-refractivity contribution in [2.75, 3.05) is 6.26 Å². The molecule has 0 amide bonds. The molecule has 138 valence electrons. The monoisotopic (exact) mass is 381 g/mol. The topological polar surface area (TPSA) is 87.7 Å². The highest BCUT2D eigenvalue weighted by Gasteiger charge is 2.24. The van der Waals surface area contributed by atoms with Gasteiger partial charge in [0.2, 0.25) is 6.23 Å². The number of nitrogens with zero attached hydrogens (tertiary/aromatic N) is 3. The number of aliphatic hydroxyl groups excluding tert-OH is 1. The van der Waals surface area contributed by atoms with E-state index >= 15 is 0 Å². The zero-order valence-electron chi connectivity index (χ0n) is 14.9. The van der Waals surface area contributed by atoms with Gasteiger partial charge in [-0.25, -0.2) is 9.98 Å². The molecule has 2 N–H and O–H groups in total. The minimum atomic E-state index is -0.981. The molecule has 1 aliphatic heterocycles. The fraction of sp³-hybridized carbons (Fsp3) is 0.150. The minimum absolute atomic E-state index is 0.536. The number of carbonyl (C=O) groups is 1. The number of aliphatic imine (C=N–C) groups is 1. The molecule has 2 aromatic carbocycles. The lowest BCUT2D eigenvalue weighted by Gasteiger charge is -2.12. The van der Waals surface area contributed by atoms with Crippen LogP contribution in [-0.4, -0.2) is 37.7 Å². The van der Waals surface area contributed by atoms with E-state index in [2.05, 4.69) is 34.4 Å². The number of fused-ring (bicyclic) bond motifs is 3. The van der Waals surface area contributed by atoms with Crippen LogP contribution in [0.3, 0.4) is 0 Å². The molecule has 27 heavy (non-hydrogen) atoms. The molecule has 1 atom stereocenters. The second-order valence-electron chi connectivity index (χ2n) is 5.77. The lowest BCUT2D eigenvalue weighted by Crippen LogP contribution is -2.07. The number of imidazole rings is 1. The van der Waals surface area contributed by atoms with E-state index in [4.69, 9.17) is 9.90 Å². The third-order valence-electron chi connectivity index (χ3n) is 3.92. The number of carboxylic acids is 1. The Morgan fingerprint density at radius 3 is 2.56 bits per heavy atom. The lowest BCUT2D eigenvalue weighted by molar-refractivity contribution is -0.134. The summed E-state index contributed by atoms with van der Waals surface area (Å²) >= 11 is 1.69. The van der Waals surface area contributed by atoms with Gasteiger partial charge in [0.05, 0.1) is 11.4 Å². The van der Waals surface area contributed by atoms with Gasteiger partial charge in [0.15, 0.2) is 5.82 Å². The molecule has 0 radical (unpaired) electrons. The van der Waals surface area contributed by atoms with Crippen LogP contribution in [0, 0.1) is 0 Å². The Bertz CT molecular complexity index is 979. The van der Waals surface area contributed by atoms with Crippen molar-refractivity contribution in [3.8, 4) is 5.69 Å². The number of rotatable bonds is 2. The summed E-state index contributed by atoms with van der Waals surface area (Å²) in [5.41, 5.74) is 3.75. The van der Waals surface area contributed by atoms with Crippen molar-refractivity contribution in [3.63, 3.8) is 0 Å². The summed E-state index contributed by atoms with van der Waals surface area (Å²) in [5, 5.41) is 17.9. The van der Waals surface area contributed by atoms with E-state index in [0.717, 1.165) is 34.3 Å². The van der Waals surface area contributed by atoms with Gasteiger partial charge in [-0.05, 0) is 24.5 Å². The second-order valence-corrected chi connectivity index (χ2v) is 6.65. The minimum Gasteiger partial charge on any atom is -0.481 e. The largest absolute Gasteiger partial charge is 0.481 e. The van der Waals surface area contributed by atoms with Gasteiger partial charge in [0.25, 0.3) is 5.97 Å². The third-order valence-corrected chi connectivity index (χ3v) is 4.64. The molecule has 0 fully saturated rings. The maximum absolute atomic E-state index is 10.5. The molecule has 0 bridgehead atoms. The van der Waals surface area contributed by atoms with Crippen molar-refractivity contribution in [1.29, 1.82) is 0 Å². The van der Waals surface area contributed by atoms with Crippen LogP contribution >= 0.6 is 11.8 Å². The lowest BCUT2D eigenvalue weighted by atomic mass is 10.0. The van der Waals surface area contributed by atoms with E-state index in [1.165, 1.54) is 0 Å². The van der Waals surface area contributed by atoms with Crippen LogP contribution in [0.25, 0.3) is 5.69 Å². The van der Waals surface area contributed by atoms with Gasteiger partial charge >= 0.3 is 0 Å². The normalized spacial score (nSPS) is 14.8. The molecule has 1 aromatic heterocycles. The van der Waals surface area contributed by atoms with Crippen LogP contribution in [0.2, 0.25) is 0 Å². The van der Waals surface area contributed by atoms with E-state index in [9.17, 15) is 5.11 Å². The summed E-state index contributed by atoms with van der Waals surface area (Å²) in [4.78, 5) is 19.0. The second kappa shape index (κ2) is 8.20. The first-order valence-electron chi connectivity index (χ1n) is 8.24. The highest BCUT2D eigenvalue weighted by Crippen LogP contribution is 2.31. The number of hydrogen-bond acceptors (Lipinski definition) is 5. The Balaban J connectivity index is 0.000000481. The first-order valence-corrected chi connectivity index (χ1v) is 9.46. The molecule has 3 aromatic rings. The molecule has 4 rings (SSSR count). The molecule has 6 nitrogen and oxygen atoms in total. The number of benzene rings is 2. The fourth-order valence-corrected chi connectivity index (χ4v) is 3.27. The molecule has 0 saturated heterocycles. The zero-order chi connectivity index (χ0) is 19.4. The first-order chi connectivity index (χ1) is 13.0. The van der Waals surface area contributed by atoms with Crippen LogP contribution in [0.4, 0.5) is 0 Å². The fourth-order valence-electron chi connectivity index (χ4n) is 2.83. The number of aromatic nitrogens is 2. The zero-order valence-corrected chi connectivity index (χ0v) is 15.7. The number of thioether (sulfide) groups is 1. The summed E-state index contributed by atoms with van der Waals surface area (Å²) in [6.45, 7) is 1.08. The van der Waals surface area contributed by atoms with Crippen molar-refractivity contribution in [2.45, 2.75) is 18.0 Å². The molecule has 2 heterocycles. The molecule has 1 unspecified atom stereocenters. The third kappa shape index (κ3) is 4.10. The Hall–Kier alpha value is -2.90. The smallest absolute Gasteiger partial charge is 0.300 e. The van der Waals surface area contributed by atoms with Gasteiger partial charge < -0.3 is 10.2 Å². The Morgan fingerprint density at radius 1 is 1.19 bits per heavy atom. The van der Waals surface area contributed by atoms with Crippen LogP contribution in [0.5, 0.6) is 0 Å². The van der Waals surface area contributed by atoms with Crippen LogP contribution in [0.1, 0.15) is 30.1 Å². The molecule has 1 aliphatic rings. The van der Waals surface area contributed by atoms with Gasteiger partial charge in [-0.15, -0.1) is 11.8 Å². The molecule has 0 saturated carbocycles. The highest BCUT2D eigenvalue weighted by molar-refractivity contribution is 7.98. The summed E-state index contributed by atoms with van der Waals surface area (Å²) in [6, 6.07) is 16.2. The van der Waals surface area contributed by atoms with Crippen molar-refractivity contribution < 1.29 is 15.0 Å². The highest BCUT2D eigenvalue weighted by atomic mass is 32.2. The number of carboxylic acid groups (broad SMARTS) is 1. The van der Waals surface area contributed by atoms with E-state index in [1.54, 1.807) is 18.0 Å². The summed E-state index contributed by atoms with van der Waals surface area (Å²) in [7, 11) is 0. The maximum Gasteiger partial charge on any atom is 0.300 e. The quantitative estimate of drug-likeness (QED) is 0.663. The van der Waals surface area contributed by atoms with E-state index in [1.807, 2.05) is 41.1 Å². The van der Waals surface area contributed by atoms with Gasteiger partial charge in [0, 0.05) is 35.3 Å². The van der Waals surface area contributed by atoms with E-state index in [0.29, 0.717) is 5.82 Å². The Kier molecular flexibility index (Phi) is 5.73. The molecule has 7 heteroatoms. The predicted molar refractivity (Wildman–Crippen MR) is 106 cm³/mol. The van der Waals surface area contributed by atoms with Gasteiger partial charge in [-0.3, -0.25) is 9.36 Å². The van der Waals surface area contributed by atoms with Crippen molar-refractivity contribution in [2.24, 2.45) is 4.99 Å². The summed E-state index contributed by atoms with van der Waals surface area (Å²) < 4.78 is 1.91. The number of hydrogen-bond donors (Lipinski definition) is 2. The average Bonchev–Trinajstić information content (AvgIpc) is 3.11. The van der Waals surface area contributed by atoms with E-state index < -0.39 is 12.2 Å². The van der Waals surface area contributed by atoms with Gasteiger partial charge in [-0.2, -0.15) is 0 Å². The summed E-state index contributed by atoms with van der Waals surface area (Å²) in [6.07, 6.45) is 4.62. The predicted octanol–water partition coefficient (Wildman–Crippen LogP) is 3.53. The maximum atomic E-state index is 10.5. The van der Waals surface area contributed by atoms with Gasteiger partial charge in [-0.1, -0.05) is 30.3 Å². The molecular formula is C20H19N3O3S. The Morgan fingerprint density at radius 2 is 1.89 bits per heavy atom. The Labute approximate surface area is 161 Å². The first kappa shape index (κ1) is 18.9. The van der Waals surface area contributed by atoms with Crippen LogP contribution in [0.15, 0.2) is 70.8 Å². The van der Waals surface area contributed by atoms with E-state index in [-0.39, 0.29) is 0 Å². The number of aliphatic carboxylic acids is 1. The van der Waals surface area contributed by atoms with Crippen molar-refractivity contribution in [3.05, 3.63) is 77.9 Å². The van der Waals surface area contributed by atoms with Crippen molar-refractivity contribution >= 4 is 23.4 Å². The standard InChI is InChI=1S/C18H15N3OS.C2H4O2/c1-23-13-7-8-15-14(11-13)16(12-5-3-2-4-6-12)20-18(22)17-19-9-10-21(15)17;1-2(3)4/h2-11,18,22H,1H3;1H3,(H,3,4). The van der Waals surface area contributed by atoms with Crippen LogP contribution in [-0.2, 0) is 4.79 Å². The number of aliphatic hydroxyl groups is 1. The molecular weight excluding hydrogens is 362 g/mol. The molecule has 0 spiro atoms. The summed E-state index contributed by atoms with van der Waals surface area (Å²) in [5.74, 6) is -0.297. The van der Waals surface area contributed by atoms with Crippen molar-refractivity contribution in [1.82, 2.24) is 9.55 Å². The SMILES string of the molecule is CC(=O)O.CSc1ccc2c(c1)C(c1ccccc1)=NC(O)c1nccn1-2. The van der Waals surface area contributed by atoms with Gasteiger partial charge in [0.1, 0.15) is 0 Å².